The number of carbonyl (C=O) groups excluding carboxylic acids is 1. The standard InChI is InChI=1S/C24H26F2N2O3S/c25-24(26)12-14-27(15-13-24)32(30,31)19-7-5-6-18(16-19)22(29)28-17-23(10-3-4-11-23)20-8-1-2-9-21(20)28/h1-2,5-9,16H,3-4,10-15,17H2. The van der Waals surface area contributed by atoms with Crippen LogP contribution in [0.2, 0.25) is 0 Å². The van der Waals surface area contributed by atoms with Gasteiger partial charge in [0.05, 0.1) is 4.90 Å². The minimum Gasteiger partial charge on any atom is -0.307 e. The Morgan fingerprint density at radius 2 is 1.59 bits per heavy atom. The Kier molecular flexibility index (Phi) is 5.13. The van der Waals surface area contributed by atoms with Crippen molar-refractivity contribution in [2.24, 2.45) is 0 Å². The number of sulfonamides is 1. The van der Waals surface area contributed by atoms with E-state index >= 15 is 0 Å². The van der Waals surface area contributed by atoms with E-state index in [1.807, 2.05) is 18.2 Å². The first-order chi connectivity index (χ1) is 15.2. The molecule has 0 N–H and O–H groups in total. The van der Waals surface area contributed by atoms with E-state index in [4.69, 9.17) is 0 Å². The number of carbonyl (C=O) groups is 1. The second-order valence-electron chi connectivity index (χ2n) is 9.18. The van der Waals surface area contributed by atoms with Gasteiger partial charge in [0, 0.05) is 49.1 Å². The van der Waals surface area contributed by atoms with Crippen molar-refractivity contribution in [2.45, 2.75) is 54.8 Å². The summed E-state index contributed by atoms with van der Waals surface area (Å²) in [6, 6.07) is 13.9. The second kappa shape index (κ2) is 7.63. The maximum atomic E-state index is 13.5. The number of halogens is 2. The Labute approximate surface area is 187 Å². The Balaban J connectivity index is 1.43. The van der Waals surface area contributed by atoms with Gasteiger partial charge in [-0.2, -0.15) is 4.31 Å². The number of anilines is 1. The molecular weight excluding hydrogens is 434 g/mol. The Morgan fingerprint density at radius 3 is 2.31 bits per heavy atom. The lowest BCUT2D eigenvalue weighted by atomic mass is 9.81. The van der Waals surface area contributed by atoms with Crippen LogP contribution in [0.25, 0.3) is 0 Å². The van der Waals surface area contributed by atoms with Crippen LogP contribution in [0.4, 0.5) is 14.5 Å². The zero-order valence-electron chi connectivity index (χ0n) is 17.8. The summed E-state index contributed by atoms with van der Waals surface area (Å²) in [5.41, 5.74) is 2.36. The summed E-state index contributed by atoms with van der Waals surface area (Å²) < 4.78 is 54.2. The molecule has 2 aliphatic heterocycles. The summed E-state index contributed by atoms with van der Waals surface area (Å²) in [5, 5.41) is 0. The quantitative estimate of drug-likeness (QED) is 0.674. The van der Waals surface area contributed by atoms with Crippen LogP contribution in [0.5, 0.6) is 0 Å². The van der Waals surface area contributed by atoms with E-state index in [-0.39, 0.29) is 29.3 Å². The third kappa shape index (κ3) is 3.53. The minimum atomic E-state index is -3.95. The van der Waals surface area contributed by atoms with Crippen LogP contribution >= 0.6 is 0 Å². The van der Waals surface area contributed by atoms with Crippen LogP contribution < -0.4 is 4.90 Å². The van der Waals surface area contributed by atoms with Crippen molar-refractivity contribution < 1.29 is 22.0 Å². The number of hydrogen-bond acceptors (Lipinski definition) is 3. The van der Waals surface area contributed by atoms with Gasteiger partial charge in [-0.05, 0) is 42.7 Å². The van der Waals surface area contributed by atoms with E-state index in [2.05, 4.69) is 6.07 Å². The average molecular weight is 461 g/mol. The van der Waals surface area contributed by atoms with E-state index < -0.39 is 28.8 Å². The number of alkyl halides is 2. The highest BCUT2D eigenvalue weighted by Gasteiger charge is 2.46. The van der Waals surface area contributed by atoms with E-state index in [1.165, 1.54) is 17.7 Å². The molecule has 0 radical (unpaired) electrons. The predicted octanol–water partition coefficient (Wildman–Crippen LogP) is 4.58. The molecule has 2 aromatic rings. The molecule has 1 aliphatic carbocycles. The molecule has 0 unspecified atom stereocenters. The molecule has 1 saturated carbocycles. The highest BCUT2D eigenvalue weighted by molar-refractivity contribution is 7.89. The van der Waals surface area contributed by atoms with E-state index in [0.29, 0.717) is 12.1 Å². The third-order valence-corrected chi connectivity index (χ3v) is 9.10. The van der Waals surface area contributed by atoms with Crippen LogP contribution in [0.3, 0.4) is 0 Å². The van der Waals surface area contributed by atoms with Gasteiger partial charge in [-0.3, -0.25) is 4.79 Å². The molecule has 5 nitrogen and oxygen atoms in total. The van der Waals surface area contributed by atoms with Gasteiger partial charge in [0.2, 0.25) is 10.0 Å². The maximum Gasteiger partial charge on any atom is 0.258 e. The molecule has 1 spiro atoms. The number of fused-ring (bicyclic) bond motifs is 2. The average Bonchev–Trinajstić information content (AvgIpc) is 3.39. The molecule has 170 valence electrons. The molecule has 1 amide bonds. The molecule has 2 aromatic carbocycles. The summed E-state index contributed by atoms with van der Waals surface area (Å²) in [6.07, 6.45) is 3.39. The molecule has 3 aliphatic rings. The largest absolute Gasteiger partial charge is 0.307 e. The van der Waals surface area contributed by atoms with Gasteiger partial charge >= 0.3 is 0 Å². The van der Waals surface area contributed by atoms with Crippen molar-refractivity contribution in [1.82, 2.24) is 4.31 Å². The molecular formula is C24H26F2N2O3S. The van der Waals surface area contributed by atoms with Crippen molar-refractivity contribution >= 4 is 21.6 Å². The van der Waals surface area contributed by atoms with Gasteiger partial charge in [-0.15, -0.1) is 0 Å². The van der Waals surface area contributed by atoms with Crippen LogP contribution in [-0.2, 0) is 15.4 Å². The van der Waals surface area contributed by atoms with Crippen LogP contribution in [0.1, 0.15) is 54.4 Å². The topological polar surface area (TPSA) is 57.7 Å². The van der Waals surface area contributed by atoms with Crippen molar-refractivity contribution in [1.29, 1.82) is 0 Å². The first-order valence-corrected chi connectivity index (χ1v) is 12.6. The Hall–Kier alpha value is -2.32. The van der Waals surface area contributed by atoms with E-state index in [1.54, 1.807) is 17.0 Å². The molecule has 8 heteroatoms. The molecule has 2 fully saturated rings. The van der Waals surface area contributed by atoms with Gasteiger partial charge in [0.15, 0.2) is 0 Å². The monoisotopic (exact) mass is 460 g/mol. The first kappa shape index (κ1) is 21.5. The molecule has 1 saturated heterocycles. The summed E-state index contributed by atoms with van der Waals surface area (Å²) in [7, 11) is -3.95. The highest BCUT2D eigenvalue weighted by Crippen LogP contribution is 2.50. The number of rotatable bonds is 3. The van der Waals surface area contributed by atoms with Gasteiger partial charge in [-0.25, -0.2) is 17.2 Å². The Morgan fingerprint density at radius 1 is 0.906 bits per heavy atom. The minimum absolute atomic E-state index is 0.0189. The van der Waals surface area contributed by atoms with Crippen molar-refractivity contribution in [3.05, 3.63) is 59.7 Å². The number of para-hydroxylation sites is 1. The van der Waals surface area contributed by atoms with Crippen LogP contribution in [0.15, 0.2) is 53.4 Å². The van der Waals surface area contributed by atoms with Crippen LogP contribution in [0, 0.1) is 0 Å². The molecule has 2 heterocycles. The fourth-order valence-electron chi connectivity index (χ4n) is 5.44. The fourth-order valence-corrected chi connectivity index (χ4v) is 6.93. The van der Waals surface area contributed by atoms with Crippen molar-refractivity contribution in [3.8, 4) is 0 Å². The highest BCUT2D eigenvalue weighted by atomic mass is 32.2. The number of amides is 1. The Bertz CT molecular complexity index is 1150. The van der Waals surface area contributed by atoms with Crippen LogP contribution in [-0.4, -0.2) is 44.2 Å². The van der Waals surface area contributed by atoms with Gasteiger partial charge in [0.1, 0.15) is 0 Å². The summed E-state index contributed by atoms with van der Waals surface area (Å²) in [5.74, 6) is -3.06. The molecule has 32 heavy (non-hydrogen) atoms. The van der Waals surface area contributed by atoms with Gasteiger partial charge < -0.3 is 4.90 Å². The smallest absolute Gasteiger partial charge is 0.258 e. The normalized spacial score (nSPS) is 22.2. The molecule has 0 bridgehead atoms. The third-order valence-electron chi connectivity index (χ3n) is 7.21. The lowest BCUT2D eigenvalue weighted by Crippen LogP contribution is -2.42. The maximum absolute atomic E-state index is 13.5. The number of nitrogens with zero attached hydrogens (tertiary/aromatic N) is 2. The summed E-state index contributed by atoms with van der Waals surface area (Å²) >= 11 is 0. The summed E-state index contributed by atoms with van der Waals surface area (Å²) in [4.78, 5) is 15.2. The van der Waals surface area contributed by atoms with Crippen molar-refractivity contribution in [2.75, 3.05) is 24.5 Å². The van der Waals surface area contributed by atoms with E-state index in [0.717, 1.165) is 35.7 Å². The molecule has 0 aromatic heterocycles. The lowest BCUT2D eigenvalue weighted by Gasteiger charge is -2.31. The summed E-state index contributed by atoms with van der Waals surface area (Å²) in [6.45, 7) is 0.147. The lowest BCUT2D eigenvalue weighted by molar-refractivity contribution is -0.0412. The number of hydrogen-bond donors (Lipinski definition) is 0. The zero-order valence-corrected chi connectivity index (χ0v) is 18.6. The fraction of sp³-hybridized carbons (Fsp3) is 0.458. The van der Waals surface area contributed by atoms with Gasteiger partial charge in [0.25, 0.3) is 11.8 Å². The number of benzene rings is 2. The molecule has 0 atom stereocenters. The predicted molar refractivity (Wildman–Crippen MR) is 118 cm³/mol. The zero-order chi connectivity index (χ0) is 22.6. The molecule has 5 rings (SSSR count). The second-order valence-corrected chi connectivity index (χ2v) is 11.1. The first-order valence-electron chi connectivity index (χ1n) is 11.1. The van der Waals surface area contributed by atoms with Crippen molar-refractivity contribution in [3.63, 3.8) is 0 Å². The van der Waals surface area contributed by atoms with Gasteiger partial charge in [-0.1, -0.05) is 37.1 Å². The number of piperidine rings is 1. The van der Waals surface area contributed by atoms with E-state index in [9.17, 15) is 22.0 Å². The SMILES string of the molecule is O=C(c1cccc(S(=O)(=O)N2CCC(F)(F)CC2)c1)N1CC2(CCCC2)c2ccccc21.